The van der Waals surface area contributed by atoms with E-state index in [0.717, 1.165) is 24.0 Å². The molecule has 1 aliphatic rings. The second-order valence-electron chi connectivity index (χ2n) is 9.79. The zero-order valence-corrected chi connectivity index (χ0v) is 21.2. The van der Waals surface area contributed by atoms with Gasteiger partial charge in [0, 0.05) is 7.05 Å². The van der Waals surface area contributed by atoms with Crippen LogP contribution in [0, 0.1) is 0 Å². The molecule has 0 spiro atoms. The van der Waals surface area contributed by atoms with Crippen LogP contribution < -0.4 is 16.0 Å². The number of fused-ring (bicyclic) bond motifs is 1. The summed E-state index contributed by atoms with van der Waals surface area (Å²) >= 11 is 0. The SMILES string of the molecule is CCc1ccc(C(CC)(NC(=O)c2cnn3c2NC(c2ccccc2)CC3(C)C)C(=O)NC)cc1. The van der Waals surface area contributed by atoms with Gasteiger partial charge in [-0.15, -0.1) is 0 Å². The average molecular weight is 474 g/mol. The highest BCUT2D eigenvalue weighted by Crippen LogP contribution is 2.40. The van der Waals surface area contributed by atoms with Crippen molar-refractivity contribution in [2.24, 2.45) is 0 Å². The number of anilines is 1. The number of rotatable bonds is 7. The molecular formula is C28H35N5O2. The quantitative estimate of drug-likeness (QED) is 0.471. The van der Waals surface area contributed by atoms with E-state index >= 15 is 0 Å². The molecule has 3 aromatic rings. The Balaban J connectivity index is 1.71. The number of benzene rings is 2. The summed E-state index contributed by atoms with van der Waals surface area (Å²) in [6.07, 6.45) is 3.72. The van der Waals surface area contributed by atoms with Crippen LogP contribution in [-0.4, -0.2) is 28.6 Å². The Morgan fingerprint density at radius 3 is 2.40 bits per heavy atom. The van der Waals surface area contributed by atoms with Crippen LogP contribution >= 0.6 is 0 Å². The minimum absolute atomic E-state index is 0.0402. The van der Waals surface area contributed by atoms with E-state index in [1.807, 2.05) is 54.1 Å². The molecule has 7 nitrogen and oxygen atoms in total. The summed E-state index contributed by atoms with van der Waals surface area (Å²) in [5.41, 5.74) is 2.01. The van der Waals surface area contributed by atoms with Gasteiger partial charge in [-0.25, -0.2) is 4.68 Å². The first-order valence-corrected chi connectivity index (χ1v) is 12.3. The second-order valence-corrected chi connectivity index (χ2v) is 9.79. The molecule has 1 aromatic heterocycles. The number of likely N-dealkylation sites (N-methyl/N-ethyl adjacent to an activating group) is 1. The molecule has 0 fully saturated rings. The monoisotopic (exact) mass is 473 g/mol. The summed E-state index contributed by atoms with van der Waals surface area (Å²) < 4.78 is 1.88. The number of nitrogens with one attached hydrogen (secondary N) is 3. The minimum atomic E-state index is -1.20. The molecule has 0 aliphatic carbocycles. The first kappa shape index (κ1) is 24.5. The highest BCUT2D eigenvalue weighted by atomic mass is 16.2. The lowest BCUT2D eigenvalue weighted by atomic mass is 9.85. The number of amides is 2. The fraction of sp³-hybridized carbons (Fsp3) is 0.393. The van der Waals surface area contributed by atoms with Gasteiger partial charge in [0.05, 0.1) is 17.8 Å². The maximum absolute atomic E-state index is 13.7. The molecule has 2 aromatic carbocycles. The average Bonchev–Trinajstić information content (AvgIpc) is 3.32. The highest BCUT2D eigenvalue weighted by molar-refractivity contribution is 6.02. The van der Waals surface area contributed by atoms with Crippen molar-refractivity contribution in [2.75, 3.05) is 12.4 Å². The van der Waals surface area contributed by atoms with Crippen LogP contribution in [0.4, 0.5) is 5.82 Å². The van der Waals surface area contributed by atoms with Gasteiger partial charge in [0.2, 0.25) is 5.91 Å². The largest absolute Gasteiger partial charge is 0.363 e. The lowest BCUT2D eigenvalue weighted by Gasteiger charge is -2.38. The van der Waals surface area contributed by atoms with Crippen molar-refractivity contribution in [3.63, 3.8) is 0 Å². The van der Waals surface area contributed by atoms with Gasteiger partial charge in [-0.05, 0) is 49.8 Å². The number of hydrogen-bond acceptors (Lipinski definition) is 4. The van der Waals surface area contributed by atoms with E-state index in [1.165, 1.54) is 5.56 Å². The third-order valence-corrected chi connectivity index (χ3v) is 7.13. The molecule has 0 bridgehead atoms. The van der Waals surface area contributed by atoms with Crippen LogP contribution in [0.25, 0.3) is 0 Å². The van der Waals surface area contributed by atoms with Crippen molar-refractivity contribution in [1.82, 2.24) is 20.4 Å². The number of nitrogens with zero attached hydrogens (tertiary/aromatic N) is 2. The predicted molar refractivity (Wildman–Crippen MR) is 138 cm³/mol. The third kappa shape index (κ3) is 4.43. The van der Waals surface area contributed by atoms with Gasteiger partial charge < -0.3 is 16.0 Å². The molecule has 1 aliphatic heterocycles. The van der Waals surface area contributed by atoms with Crippen LogP contribution in [0.3, 0.4) is 0 Å². The van der Waals surface area contributed by atoms with Crippen molar-refractivity contribution < 1.29 is 9.59 Å². The van der Waals surface area contributed by atoms with E-state index < -0.39 is 5.54 Å². The van der Waals surface area contributed by atoms with Gasteiger partial charge in [-0.3, -0.25) is 9.59 Å². The summed E-state index contributed by atoms with van der Waals surface area (Å²) in [6, 6.07) is 18.1. The van der Waals surface area contributed by atoms with Crippen LogP contribution in [0.5, 0.6) is 0 Å². The highest BCUT2D eigenvalue weighted by Gasteiger charge is 2.42. The van der Waals surface area contributed by atoms with Crippen molar-refractivity contribution in [2.45, 2.75) is 64.1 Å². The van der Waals surface area contributed by atoms with E-state index in [0.29, 0.717) is 17.8 Å². The molecule has 2 atom stereocenters. The van der Waals surface area contributed by atoms with Gasteiger partial charge in [0.1, 0.15) is 16.9 Å². The first-order chi connectivity index (χ1) is 16.8. The van der Waals surface area contributed by atoms with Gasteiger partial charge >= 0.3 is 0 Å². The molecule has 3 N–H and O–H groups in total. The zero-order valence-electron chi connectivity index (χ0n) is 21.2. The summed E-state index contributed by atoms with van der Waals surface area (Å²) in [5.74, 6) is 0.0678. The number of carbonyl (C=O) groups is 2. The van der Waals surface area contributed by atoms with Gasteiger partial charge in [-0.2, -0.15) is 5.10 Å². The van der Waals surface area contributed by atoms with E-state index in [2.05, 4.69) is 54.0 Å². The summed E-state index contributed by atoms with van der Waals surface area (Å²) in [6.45, 7) is 8.24. The second kappa shape index (κ2) is 9.56. The van der Waals surface area contributed by atoms with Crippen LogP contribution in [-0.2, 0) is 22.3 Å². The molecule has 7 heteroatoms. The van der Waals surface area contributed by atoms with Crippen LogP contribution in [0.1, 0.15) is 73.6 Å². The van der Waals surface area contributed by atoms with Gasteiger partial charge in [0.15, 0.2) is 0 Å². The Kier molecular flexibility index (Phi) is 6.70. The summed E-state index contributed by atoms with van der Waals surface area (Å²) in [5, 5.41) is 13.9. The van der Waals surface area contributed by atoms with Crippen LogP contribution in [0.15, 0.2) is 60.8 Å². The smallest absolute Gasteiger partial charge is 0.257 e. The van der Waals surface area contributed by atoms with Crippen molar-refractivity contribution in [3.05, 3.63) is 83.0 Å². The standard InChI is InChI=1S/C28H35N5O2/c1-6-19-13-15-21(16-14-19)28(7-2,26(35)29-5)32-25(34)22-18-30-33-24(22)31-23(17-27(33,3)4)20-11-9-8-10-12-20/h8-16,18,23,31H,6-7,17H2,1-5H3,(H,29,35)(H,32,34). The molecule has 0 saturated carbocycles. The van der Waals surface area contributed by atoms with E-state index in [9.17, 15) is 9.59 Å². The van der Waals surface area contributed by atoms with E-state index in [-0.39, 0.29) is 23.4 Å². The maximum Gasteiger partial charge on any atom is 0.257 e. The summed E-state index contributed by atoms with van der Waals surface area (Å²) in [7, 11) is 1.59. The molecule has 184 valence electrons. The molecular weight excluding hydrogens is 438 g/mol. The van der Waals surface area contributed by atoms with Crippen molar-refractivity contribution in [1.29, 1.82) is 0 Å². The Labute approximate surface area is 207 Å². The molecule has 2 heterocycles. The number of carbonyl (C=O) groups excluding carboxylic acids is 2. The summed E-state index contributed by atoms with van der Waals surface area (Å²) in [4.78, 5) is 26.9. The topological polar surface area (TPSA) is 88.1 Å². The number of hydrogen-bond donors (Lipinski definition) is 3. The van der Waals surface area contributed by atoms with E-state index in [1.54, 1.807) is 13.2 Å². The lowest BCUT2D eigenvalue weighted by Crippen LogP contribution is -2.55. The Morgan fingerprint density at radius 1 is 1.11 bits per heavy atom. The Bertz CT molecular complexity index is 1200. The molecule has 35 heavy (non-hydrogen) atoms. The predicted octanol–water partition coefficient (Wildman–Crippen LogP) is 4.52. The molecule has 4 rings (SSSR count). The Morgan fingerprint density at radius 2 is 1.80 bits per heavy atom. The fourth-order valence-corrected chi connectivity index (χ4v) is 5.01. The van der Waals surface area contributed by atoms with Gasteiger partial charge in [0.25, 0.3) is 5.91 Å². The number of aryl methyl sites for hydroxylation is 1. The van der Waals surface area contributed by atoms with E-state index in [4.69, 9.17) is 0 Å². The fourth-order valence-electron chi connectivity index (χ4n) is 5.01. The van der Waals surface area contributed by atoms with Crippen molar-refractivity contribution in [3.8, 4) is 0 Å². The normalized spacial score (nSPS) is 18.0. The zero-order chi connectivity index (χ0) is 25.2. The third-order valence-electron chi connectivity index (χ3n) is 7.13. The number of aromatic nitrogens is 2. The molecule has 2 unspecified atom stereocenters. The van der Waals surface area contributed by atoms with Gasteiger partial charge in [-0.1, -0.05) is 68.4 Å². The minimum Gasteiger partial charge on any atom is -0.363 e. The van der Waals surface area contributed by atoms with Crippen molar-refractivity contribution >= 4 is 17.6 Å². The Hall–Kier alpha value is -3.61. The first-order valence-electron chi connectivity index (χ1n) is 12.3. The lowest BCUT2D eigenvalue weighted by molar-refractivity contribution is -0.127. The molecule has 2 amide bonds. The molecule has 0 radical (unpaired) electrons. The van der Waals surface area contributed by atoms with Crippen LogP contribution in [0.2, 0.25) is 0 Å². The maximum atomic E-state index is 13.7. The molecule has 0 saturated heterocycles.